The fraction of sp³-hybridized carbons (Fsp3) is 0.333. The van der Waals surface area contributed by atoms with E-state index in [9.17, 15) is 33.9 Å². The third-order valence-corrected chi connectivity index (χ3v) is 6.11. The van der Waals surface area contributed by atoms with Crippen LogP contribution in [0.4, 0.5) is 0 Å². The Hall–Kier alpha value is -4.43. The van der Waals surface area contributed by atoms with Crippen LogP contribution in [0.25, 0.3) is 0 Å². The Morgan fingerprint density at radius 2 is 1.37 bits per heavy atom. The van der Waals surface area contributed by atoms with Crippen LogP contribution in [0.15, 0.2) is 54.6 Å². The monoisotopic (exact) mass is 587 g/mol. The van der Waals surface area contributed by atoms with Gasteiger partial charge in [-0.2, -0.15) is 0 Å². The first-order valence-corrected chi connectivity index (χ1v) is 13.1. The molecule has 0 bridgehead atoms. The van der Waals surface area contributed by atoms with Crippen LogP contribution in [-0.2, 0) is 41.6 Å². The van der Waals surface area contributed by atoms with E-state index < -0.39 is 65.9 Å². The predicted octanol–water partition coefficient (Wildman–Crippen LogP) is -0.972. The predicted molar refractivity (Wildman–Crippen MR) is 151 cm³/mol. The fourth-order valence-electron chi connectivity index (χ4n) is 3.62. The quantitative estimate of drug-likeness (QED) is 0.113. The molecule has 4 amide bonds. The number of thiol groups is 1. The summed E-state index contributed by atoms with van der Waals surface area (Å²) in [7, 11) is 0. The maximum Gasteiger partial charge on any atom is 0.303 e. The number of carboxylic acid groups (broad SMARTS) is 1. The summed E-state index contributed by atoms with van der Waals surface area (Å²) in [5, 5.41) is 27.1. The molecule has 2 aromatic carbocycles. The van der Waals surface area contributed by atoms with Gasteiger partial charge in [-0.1, -0.05) is 42.5 Å². The summed E-state index contributed by atoms with van der Waals surface area (Å²) >= 11 is 3.71. The van der Waals surface area contributed by atoms with E-state index >= 15 is 0 Å². The second kappa shape index (κ2) is 16.6. The summed E-state index contributed by atoms with van der Waals surface area (Å²) < 4.78 is 0. The van der Waals surface area contributed by atoms with Crippen molar-refractivity contribution >= 4 is 47.3 Å². The Morgan fingerprint density at radius 1 is 0.756 bits per heavy atom. The molecule has 13 nitrogen and oxygen atoms in total. The van der Waals surface area contributed by atoms with Gasteiger partial charge in [0.15, 0.2) is 0 Å². The largest absolute Gasteiger partial charge is 0.508 e. The van der Waals surface area contributed by atoms with Gasteiger partial charge in [0.05, 0.1) is 25.2 Å². The molecule has 0 unspecified atom stereocenters. The maximum absolute atomic E-state index is 13.0. The summed E-state index contributed by atoms with van der Waals surface area (Å²) in [6.45, 7) is -0.959. The van der Waals surface area contributed by atoms with E-state index in [1.807, 2.05) is 0 Å². The summed E-state index contributed by atoms with van der Waals surface area (Å²) in [5.74, 6) is -3.80. The van der Waals surface area contributed by atoms with E-state index in [1.54, 1.807) is 42.5 Å². The standard InChI is InChI=1S/C27H33N5O8S/c28-19(12-17-6-8-18(33)9-7-17)25(38)30-14-22(34)29-15-23(35)31-21(13-16-4-2-1-3-5-16)26(39)32-20(27(40)41)10-11-24(36)37/h1-9,19-21,33H,10-15,28H2,(H,29,34)(H,30,38)(H,31,35)(H,32,39)(H,36,37)(H,40,41)/t19-,20-,21-/m0/s1. The Balaban J connectivity index is 1.89. The van der Waals surface area contributed by atoms with E-state index in [0.717, 1.165) is 0 Å². The van der Waals surface area contributed by atoms with Crippen molar-refractivity contribution in [1.82, 2.24) is 21.3 Å². The van der Waals surface area contributed by atoms with E-state index in [4.69, 9.17) is 10.8 Å². The molecule has 14 heteroatoms. The number of nitrogens with two attached hydrogens (primary N) is 1. The van der Waals surface area contributed by atoms with E-state index in [0.29, 0.717) is 11.1 Å². The molecule has 3 atom stereocenters. The van der Waals surface area contributed by atoms with Crippen molar-refractivity contribution in [2.45, 2.75) is 43.8 Å². The molecule has 0 aliphatic carbocycles. The zero-order valence-corrected chi connectivity index (χ0v) is 22.9. The molecule has 0 aliphatic rings. The Kier molecular flexibility index (Phi) is 13.3. The molecule has 220 valence electrons. The van der Waals surface area contributed by atoms with Gasteiger partial charge in [0.2, 0.25) is 28.7 Å². The number of hydrogen-bond donors (Lipinski definition) is 8. The topological polar surface area (TPSA) is 217 Å². The number of rotatable bonds is 16. The number of carboxylic acids is 1. The van der Waals surface area contributed by atoms with Crippen LogP contribution >= 0.6 is 12.6 Å². The number of aliphatic carboxylic acids is 1. The minimum atomic E-state index is -1.18. The number of aromatic hydroxyl groups is 1. The fourth-order valence-corrected chi connectivity index (χ4v) is 3.81. The number of nitrogens with one attached hydrogen (secondary N) is 4. The second-order valence-corrected chi connectivity index (χ2v) is 9.55. The summed E-state index contributed by atoms with van der Waals surface area (Å²) in [6.07, 6.45) is -0.336. The molecule has 0 aromatic heterocycles. The Labute approximate surface area is 241 Å². The van der Waals surface area contributed by atoms with Crippen LogP contribution in [0.1, 0.15) is 24.0 Å². The van der Waals surface area contributed by atoms with Gasteiger partial charge in [0.25, 0.3) is 0 Å². The normalized spacial score (nSPS) is 12.7. The van der Waals surface area contributed by atoms with Gasteiger partial charge < -0.3 is 37.2 Å². The van der Waals surface area contributed by atoms with Crippen molar-refractivity contribution in [3.05, 3.63) is 65.7 Å². The zero-order chi connectivity index (χ0) is 30.4. The molecule has 0 spiro atoms. The van der Waals surface area contributed by atoms with Gasteiger partial charge in [-0.3, -0.25) is 28.8 Å². The van der Waals surface area contributed by atoms with Crippen LogP contribution in [0.2, 0.25) is 0 Å². The van der Waals surface area contributed by atoms with Crippen LogP contribution in [0.3, 0.4) is 0 Å². The third-order valence-electron chi connectivity index (χ3n) is 5.79. The minimum absolute atomic E-state index is 0.0494. The minimum Gasteiger partial charge on any atom is -0.508 e. The van der Waals surface area contributed by atoms with Crippen LogP contribution in [0.5, 0.6) is 5.75 Å². The van der Waals surface area contributed by atoms with Crippen molar-refractivity contribution in [2.24, 2.45) is 5.73 Å². The molecule has 8 N–H and O–H groups in total. The lowest BCUT2D eigenvalue weighted by Gasteiger charge is -2.22. The van der Waals surface area contributed by atoms with Crippen molar-refractivity contribution in [3.63, 3.8) is 0 Å². The van der Waals surface area contributed by atoms with Crippen molar-refractivity contribution in [1.29, 1.82) is 0 Å². The van der Waals surface area contributed by atoms with E-state index in [1.165, 1.54) is 12.1 Å². The highest BCUT2D eigenvalue weighted by molar-refractivity contribution is 7.96. The van der Waals surface area contributed by atoms with Crippen LogP contribution < -0.4 is 27.0 Å². The van der Waals surface area contributed by atoms with Crippen LogP contribution in [-0.4, -0.2) is 76.1 Å². The molecule has 2 rings (SSSR count). The van der Waals surface area contributed by atoms with Gasteiger partial charge in [-0.05, 0) is 36.1 Å². The number of phenolic OH excluding ortho intramolecular Hbond substituents is 1. The molecule has 41 heavy (non-hydrogen) atoms. The third kappa shape index (κ3) is 12.5. The smallest absolute Gasteiger partial charge is 0.303 e. The average Bonchev–Trinajstić information content (AvgIpc) is 2.93. The lowest BCUT2D eigenvalue weighted by atomic mass is 10.0. The van der Waals surface area contributed by atoms with Gasteiger partial charge in [-0.15, -0.1) is 12.6 Å². The lowest BCUT2D eigenvalue weighted by Crippen LogP contribution is -2.54. The molecule has 0 fully saturated rings. The molecule has 2 aromatic rings. The Morgan fingerprint density at radius 3 is 1.98 bits per heavy atom. The number of carbonyl (C=O) groups excluding carboxylic acids is 5. The molecule has 0 saturated carbocycles. The van der Waals surface area contributed by atoms with Crippen LogP contribution in [0, 0.1) is 0 Å². The lowest BCUT2D eigenvalue weighted by molar-refractivity contribution is -0.137. The first-order valence-electron chi connectivity index (χ1n) is 12.6. The number of carbonyl (C=O) groups is 6. The number of benzene rings is 2. The molecule has 0 heterocycles. The molecule has 0 radical (unpaired) electrons. The first-order chi connectivity index (χ1) is 19.4. The Bertz CT molecular complexity index is 1230. The van der Waals surface area contributed by atoms with Crippen molar-refractivity contribution in [3.8, 4) is 5.75 Å². The average molecular weight is 588 g/mol. The SMILES string of the molecule is N[C@@H](Cc1ccc(O)cc1)C(=O)NCC(=O)NCC(=O)N[C@@H](Cc1ccccc1)C(=O)N[C@@H](CCC(=O)O)C(=O)S. The molecule has 0 aliphatic heterocycles. The van der Waals surface area contributed by atoms with Gasteiger partial charge >= 0.3 is 5.97 Å². The zero-order valence-electron chi connectivity index (χ0n) is 22.0. The van der Waals surface area contributed by atoms with E-state index in [2.05, 4.69) is 33.9 Å². The van der Waals surface area contributed by atoms with Gasteiger partial charge in [0, 0.05) is 12.8 Å². The molecular weight excluding hydrogens is 554 g/mol. The first kappa shape index (κ1) is 32.8. The summed E-state index contributed by atoms with van der Waals surface area (Å²) in [4.78, 5) is 72.6. The highest BCUT2D eigenvalue weighted by atomic mass is 32.1. The van der Waals surface area contributed by atoms with E-state index in [-0.39, 0.29) is 31.4 Å². The highest BCUT2D eigenvalue weighted by Gasteiger charge is 2.26. The maximum atomic E-state index is 13.0. The molecule has 0 saturated heterocycles. The second-order valence-electron chi connectivity index (χ2n) is 9.11. The van der Waals surface area contributed by atoms with Crippen molar-refractivity contribution < 1.29 is 39.0 Å². The van der Waals surface area contributed by atoms with Crippen molar-refractivity contribution in [2.75, 3.05) is 13.1 Å². The van der Waals surface area contributed by atoms with Gasteiger partial charge in [0.1, 0.15) is 11.8 Å². The summed E-state index contributed by atoms with van der Waals surface area (Å²) in [5.41, 5.74) is 7.28. The highest BCUT2D eigenvalue weighted by Crippen LogP contribution is 2.11. The molecular formula is C27H33N5O8S. The number of hydrogen-bond acceptors (Lipinski definition) is 8. The number of phenols is 1. The van der Waals surface area contributed by atoms with Gasteiger partial charge in [-0.25, -0.2) is 0 Å². The number of amides is 4. The summed E-state index contributed by atoms with van der Waals surface area (Å²) in [6, 6.07) is 11.6.